The number of ether oxygens (including phenoxy) is 1. The molecule has 0 aromatic heterocycles. The highest BCUT2D eigenvalue weighted by Crippen LogP contribution is 2.30. The van der Waals surface area contributed by atoms with Gasteiger partial charge in [0.2, 0.25) is 10.0 Å². The van der Waals surface area contributed by atoms with E-state index in [9.17, 15) is 33.4 Å². The highest BCUT2D eigenvalue weighted by atomic mass is 35.5. The number of alkyl halides is 1. The number of carbonyl (C=O) groups is 1. The van der Waals surface area contributed by atoms with E-state index in [4.69, 9.17) is 16.3 Å². The van der Waals surface area contributed by atoms with Gasteiger partial charge in [-0.15, -0.1) is 11.6 Å². The van der Waals surface area contributed by atoms with Gasteiger partial charge in [0.25, 0.3) is 11.4 Å². The van der Waals surface area contributed by atoms with Crippen molar-refractivity contribution in [3.8, 4) is 0 Å². The molecule has 0 aliphatic rings. The average Bonchev–Trinajstić information content (AvgIpc) is 2.71. The molecule has 0 amide bonds. The fraction of sp³-hybridized carbons (Fsp3) is 0.235. The molecule has 2 rings (SSSR count). The molecule has 0 aliphatic carbocycles. The monoisotopic (exact) mass is 457 g/mol. The number of hydrogen-bond donors (Lipinski definition) is 1. The third kappa shape index (κ3) is 5.28. The molecule has 2 aromatic carbocycles. The Balaban J connectivity index is 2.48. The minimum atomic E-state index is -4.59. The van der Waals surface area contributed by atoms with Gasteiger partial charge >= 0.3 is 5.97 Å². The highest BCUT2D eigenvalue weighted by Gasteiger charge is 2.36. The largest absolute Gasteiger partial charge is 0.465 e. The van der Waals surface area contributed by atoms with Crippen LogP contribution in [0.5, 0.6) is 0 Å². The van der Waals surface area contributed by atoms with Crippen molar-refractivity contribution in [1.82, 2.24) is 4.72 Å². The van der Waals surface area contributed by atoms with Crippen molar-refractivity contribution in [3.05, 3.63) is 74.3 Å². The number of nitro groups is 2. The van der Waals surface area contributed by atoms with E-state index in [2.05, 4.69) is 0 Å². The van der Waals surface area contributed by atoms with Crippen molar-refractivity contribution in [2.45, 2.75) is 23.2 Å². The van der Waals surface area contributed by atoms with E-state index in [-0.39, 0.29) is 17.9 Å². The number of rotatable bonds is 9. The van der Waals surface area contributed by atoms with Crippen molar-refractivity contribution in [3.63, 3.8) is 0 Å². The maximum atomic E-state index is 12.8. The minimum Gasteiger partial charge on any atom is -0.465 e. The molecule has 30 heavy (non-hydrogen) atoms. The molecule has 11 nitrogen and oxygen atoms in total. The second-order valence-electron chi connectivity index (χ2n) is 5.83. The van der Waals surface area contributed by atoms with Crippen LogP contribution < -0.4 is 4.72 Å². The van der Waals surface area contributed by atoms with Gasteiger partial charge in [-0.3, -0.25) is 25.0 Å². The lowest BCUT2D eigenvalue weighted by Gasteiger charge is -2.22. The van der Waals surface area contributed by atoms with Gasteiger partial charge in [0, 0.05) is 18.2 Å². The number of carbonyl (C=O) groups excluding carboxylic acids is 1. The van der Waals surface area contributed by atoms with E-state index in [0.29, 0.717) is 0 Å². The molecule has 0 fully saturated rings. The third-order valence-electron chi connectivity index (χ3n) is 3.87. The summed E-state index contributed by atoms with van der Waals surface area (Å²) in [5.74, 6) is -1.05. The first kappa shape index (κ1) is 23.2. The summed E-state index contributed by atoms with van der Waals surface area (Å²) in [5, 5.41) is 20.8. The molecule has 0 saturated carbocycles. The minimum absolute atomic E-state index is 0.0779. The zero-order valence-corrected chi connectivity index (χ0v) is 17.0. The summed E-state index contributed by atoms with van der Waals surface area (Å²) in [6.45, 7) is 1.39. The topological polar surface area (TPSA) is 159 Å². The van der Waals surface area contributed by atoms with E-state index in [1.807, 2.05) is 4.72 Å². The molecular formula is C17H16ClN3O8S. The number of hydrogen-bond acceptors (Lipinski definition) is 8. The molecule has 2 atom stereocenters. The maximum Gasteiger partial charge on any atom is 0.326 e. The number of para-hydroxylation sites is 1. The Kier molecular flexibility index (Phi) is 7.43. The second kappa shape index (κ2) is 9.61. The normalized spacial score (nSPS) is 13.3. The Morgan fingerprint density at radius 2 is 1.80 bits per heavy atom. The number of sulfonamides is 1. The van der Waals surface area contributed by atoms with Gasteiger partial charge in [-0.25, -0.2) is 8.42 Å². The summed E-state index contributed by atoms with van der Waals surface area (Å²) in [6.07, 6.45) is 0. The molecule has 0 unspecified atom stereocenters. The molecule has 0 bridgehead atoms. The lowest BCUT2D eigenvalue weighted by molar-refractivity contribution is -0.387. The Morgan fingerprint density at radius 1 is 1.13 bits per heavy atom. The first-order valence-corrected chi connectivity index (χ1v) is 10.3. The van der Waals surface area contributed by atoms with Crippen molar-refractivity contribution in [1.29, 1.82) is 0 Å². The van der Waals surface area contributed by atoms with Crippen molar-refractivity contribution in [2.24, 2.45) is 0 Å². The summed E-state index contributed by atoms with van der Waals surface area (Å²) in [5.41, 5.74) is -0.939. The first-order valence-electron chi connectivity index (χ1n) is 8.39. The number of nitro benzene ring substituents is 2. The second-order valence-corrected chi connectivity index (χ2v) is 7.98. The molecule has 0 saturated heterocycles. The van der Waals surface area contributed by atoms with Crippen LogP contribution >= 0.6 is 11.6 Å². The number of halogens is 1. The molecule has 0 radical (unpaired) electrons. The zero-order valence-electron chi connectivity index (χ0n) is 15.4. The number of esters is 1. The van der Waals surface area contributed by atoms with Gasteiger partial charge in [-0.1, -0.05) is 24.3 Å². The number of nitrogens with one attached hydrogen (secondary N) is 1. The van der Waals surface area contributed by atoms with E-state index in [1.54, 1.807) is 0 Å². The predicted molar refractivity (Wildman–Crippen MR) is 106 cm³/mol. The summed E-state index contributed by atoms with van der Waals surface area (Å²) in [7, 11) is -4.59. The van der Waals surface area contributed by atoms with Gasteiger partial charge in [0.1, 0.15) is 6.04 Å². The van der Waals surface area contributed by atoms with Crippen LogP contribution in [0, 0.1) is 20.2 Å². The molecule has 2 aromatic rings. The van der Waals surface area contributed by atoms with Crippen molar-refractivity contribution in [2.75, 3.05) is 6.61 Å². The third-order valence-corrected chi connectivity index (χ3v) is 5.86. The molecule has 0 aliphatic heterocycles. The number of benzene rings is 2. The Morgan fingerprint density at radius 3 is 2.40 bits per heavy atom. The highest BCUT2D eigenvalue weighted by molar-refractivity contribution is 7.89. The lowest BCUT2D eigenvalue weighted by Crippen LogP contribution is -2.44. The van der Waals surface area contributed by atoms with Crippen LogP contribution in [0.4, 0.5) is 11.4 Å². The lowest BCUT2D eigenvalue weighted by atomic mass is 10.1. The Labute approximate surface area is 176 Å². The van der Waals surface area contributed by atoms with Crippen LogP contribution in [0.1, 0.15) is 17.9 Å². The summed E-state index contributed by atoms with van der Waals surface area (Å²) < 4.78 is 32.5. The molecule has 1 N–H and O–H groups in total. The van der Waals surface area contributed by atoms with Crippen LogP contribution in [0.2, 0.25) is 0 Å². The Bertz CT molecular complexity index is 1080. The molecule has 0 heterocycles. The van der Waals surface area contributed by atoms with Crippen LogP contribution in [0.3, 0.4) is 0 Å². The Hall–Kier alpha value is -3.09. The quantitative estimate of drug-likeness (QED) is 0.260. The average molecular weight is 458 g/mol. The van der Waals surface area contributed by atoms with E-state index in [1.165, 1.54) is 37.3 Å². The maximum absolute atomic E-state index is 12.8. The van der Waals surface area contributed by atoms with Crippen LogP contribution in [0.15, 0.2) is 53.4 Å². The van der Waals surface area contributed by atoms with Gasteiger partial charge in [0.15, 0.2) is 4.90 Å². The molecule has 0 spiro atoms. The summed E-state index contributed by atoms with van der Waals surface area (Å²) in [6, 6.07) is 7.82. The fourth-order valence-electron chi connectivity index (χ4n) is 2.53. The van der Waals surface area contributed by atoms with Crippen LogP contribution in [-0.2, 0) is 19.6 Å². The molecule has 160 valence electrons. The van der Waals surface area contributed by atoms with Gasteiger partial charge < -0.3 is 4.74 Å². The van der Waals surface area contributed by atoms with E-state index in [0.717, 1.165) is 18.2 Å². The van der Waals surface area contributed by atoms with E-state index < -0.39 is 47.8 Å². The standard InChI is InChI=1S/C17H16ClN3O8S/c1-2-29-17(22)16(15(18)11-6-5-7-12(10-11)20(23)24)19-30(27,28)14-9-4-3-8-13(14)21(25)26/h3-10,15-16,19H,2H2,1H3/t15-,16-/m0/s1. The zero-order chi connectivity index (χ0) is 22.5. The van der Waals surface area contributed by atoms with Gasteiger partial charge in [-0.2, -0.15) is 4.72 Å². The van der Waals surface area contributed by atoms with Crippen molar-refractivity contribution < 1.29 is 27.8 Å². The van der Waals surface area contributed by atoms with Crippen molar-refractivity contribution >= 4 is 39.0 Å². The number of nitrogens with zero attached hydrogens (tertiary/aromatic N) is 2. The molecular weight excluding hydrogens is 442 g/mol. The SMILES string of the molecule is CCOC(=O)[C@@H](NS(=O)(=O)c1ccccc1[N+](=O)[O-])[C@@H](Cl)c1cccc([N+](=O)[O-])c1. The predicted octanol–water partition coefficient (Wildman–Crippen LogP) is 2.69. The van der Waals surface area contributed by atoms with Gasteiger partial charge in [0.05, 0.1) is 21.8 Å². The number of non-ortho nitro benzene ring substituents is 1. The summed E-state index contributed by atoms with van der Waals surface area (Å²) >= 11 is 6.29. The summed E-state index contributed by atoms with van der Waals surface area (Å²) in [4.78, 5) is 32.3. The smallest absolute Gasteiger partial charge is 0.326 e. The van der Waals surface area contributed by atoms with Gasteiger partial charge in [-0.05, 0) is 18.6 Å². The van der Waals surface area contributed by atoms with Crippen LogP contribution in [0.25, 0.3) is 0 Å². The molecule has 13 heteroatoms. The van der Waals surface area contributed by atoms with E-state index >= 15 is 0 Å². The first-order chi connectivity index (χ1) is 14.1. The fourth-order valence-corrected chi connectivity index (χ4v) is 4.27. The van der Waals surface area contributed by atoms with Crippen LogP contribution in [-0.4, -0.2) is 36.9 Å².